The van der Waals surface area contributed by atoms with Crippen LogP contribution in [0.25, 0.3) is 0 Å². The van der Waals surface area contributed by atoms with Gasteiger partial charge in [0, 0.05) is 50.1 Å². The van der Waals surface area contributed by atoms with Gasteiger partial charge in [0.1, 0.15) is 36.6 Å². The number of oxime groups is 1. The lowest BCUT2D eigenvalue weighted by atomic mass is 9.55. The van der Waals surface area contributed by atoms with Crippen molar-refractivity contribution in [1.82, 2.24) is 4.90 Å². The van der Waals surface area contributed by atoms with Crippen LogP contribution in [0, 0.1) is 23.6 Å². The summed E-state index contributed by atoms with van der Waals surface area (Å²) < 4.78 is 46.4. The first kappa shape index (κ1) is 41.9. The van der Waals surface area contributed by atoms with Gasteiger partial charge in [0.25, 0.3) is 0 Å². The predicted octanol–water partition coefficient (Wildman–Crippen LogP) is 7.87. The number of likely N-dealkylation sites (N-methyl/N-ethyl adjacent to an activating group) is 1. The van der Waals surface area contributed by atoms with Gasteiger partial charge in [0.15, 0.2) is 0 Å². The number of allylic oxidation sites excluding steroid dienone is 1. The van der Waals surface area contributed by atoms with Gasteiger partial charge < -0.3 is 43.6 Å². The van der Waals surface area contributed by atoms with Crippen molar-refractivity contribution < 1.29 is 47.9 Å². The fourth-order valence-corrected chi connectivity index (χ4v) is 8.94. The number of amides is 1. The molecule has 2 aliphatic carbocycles. The molecule has 13 heteroatoms. The number of carbonyl (C=O) groups excluding carboxylic acids is 1. The minimum atomic E-state index is -1.42. The molecule has 2 aliphatic heterocycles. The van der Waals surface area contributed by atoms with E-state index in [9.17, 15) is 19.4 Å². The van der Waals surface area contributed by atoms with Crippen molar-refractivity contribution in [2.45, 2.75) is 94.9 Å². The van der Waals surface area contributed by atoms with Crippen molar-refractivity contribution in [3.05, 3.63) is 83.7 Å². The normalized spacial score (nSPS) is 27.3. The number of benzene rings is 2. The minimum absolute atomic E-state index is 0.0278. The number of hydrogen-bond donors (Lipinski definition) is 2. The maximum atomic E-state index is 14.6. The Morgan fingerprint density at radius 2 is 1.93 bits per heavy atom. The lowest BCUT2D eigenvalue weighted by Gasteiger charge is -2.59. The van der Waals surface area contributed by atoms with Crippen LogP contribution in [0.4, 0.5) is 9.18 Å². The average molecular weight is 799 g/mol. The van der Waals surface area contributed by atoms with Crippen molar-refractivity contribution in [2.24, 2.45) is 22.9 Å². The van der Waals surface area contributed by atoms with E-state index in [0.29, 0.717) is 48.6 Å². The average Bonchev–Trinajstić information content (AvgIpc) is 3.22. The van der Waals surface area contributed by atoms with Gasteiger partial charge in [-0.3, -0.25) is 0 Å². The van der Waals surface area contributed by atoms with Gasteiger partial charge in [-0.15, -0.1) is 18.2 Å². The highest BCUT2D eigenvalue weighted by atomic mass is 35.5. The van der Waals surface area contributed by atoms with Gasteiger partial charge in [-0.1, -0.05) is 48.3 Å². The summed E-state index contributed by atoms with van der Waals surface area (Å²) in [6.07, 6.45) is 10.2. The van der Waals surface area contributed by atoms with Crippen LogP contribution >= 0.6 is 11.6 Å². The van der Waals surface area contributed by atoms with E-state index in [-0.39, 0.29) is 68.9 Å². The Morgan fingerprint density at radius 1 is 1.12 bits per heavy atom. The zero-order valence-electron chi connectivity index (χ0n) is 32.3. The molecule has 1 saturated carbocycles. The number of unbranched alkanes of at least 4 members (excludes halogenated alkanes) is 2. The van der Waals surface area contributed by atoms with Crippen molar-refractivity contribution >= 4 is 23.4 Å². The van der Waals surface area contributed by atoms with Gasteiger partial charge in [-0.2, -0.15) is 0 Å². The number of halogens is 2. The monoisotopic (exact) mass is 798 g/mol. The van der Waals surface area contributed by atoms with Gasteiger partial charge >= 0.3 is 6.09 Å². The van der Waals surface area contributed by atoms with E-state index in [1.807, 2.05) is 18.2 Å². The summed E-state index contributed by atoms with van der Waals surface area (Å²) in [5.41, 5.74) is 2.90. The molecule has 0 radical (unpaired) electrons. The number of hydrogen-bond acceptors (Lipinski definition) is 10. The third kappa shape index (κ3) is 9.37. The second-order valence-corrected chi connectivity index (χ2v) is 15.3. The van der Waals surface area contributed by atoms with Crippen molar-refractivity contribution in [3.8, 4) is 11.5 Å². The summed E-state index contributed by atoms with van der Waals surface area (Å²) in [5, 5.41) is 24.5. The molecule has 4 aliphatic rings. The summed E-state index contributed by atoms with van der Waals surface area (Å²) >= 11 is 5.94. The number of aliphatic hydroxyl groups is 2. The molecular weight excluding hydrogens is 743 g/mol. The summed E-state index contributed by atoms with van der Waals surface area (Å²) in [5.74, 6) is -1.15. The molecule has 7 atom stereocenters. The quantitative estimate of drug-likeness (QED) is 0.0632. The first-order chi connectivity index (χ1) is 27.3. The molecule has 7 unspecified atom stereocenters. The van der Waals surface area contributed by atoms with Crippen molar-refractivity contribution in [1.29, 1.82) is 0 Å². The van der Waals surface area contributed by atoms with Gasteiger partial charge in [-0.25, -0.2) is 9.18 Å². The van der Waals surface area contributed by atoms with E-state index in [1.165, 1.54) is 11.0 Å². The largest absolute Gasteiger partial charge is 0.489 e. The summed E-state index contributed by atoms with van der Waals surface area (Å²) in [6, 6.07) is 11.5. The Hall–Kier alpha value is -3.68. The van der Waals surface area contributed by atoms with Crippen LogP contribution in [0.15, 0.2) is 71.9 Å². The van der Waals surface area contributed by atoms with Crippen molar-refractivity contribution in [2.75, 3.05) is 46.0 Å². The summed E-state index contributed by atoms with van der Waals surface area (Å²) in [6.45, 7) is 4.92. The Bertz CT molecular complexity index is 1690. The van der Waals surface area contributed by atoms with E-state index >= 15 is 0 Å². The number of alkyl halides is 1. The number of nitrogens with zero attached hydrogens (tertiary/aromatic N) is 2. The molecule has 56 heavy (non-hydrogen) atoms. The highest BCUT2D eigenvalue weighted by Crippen LogP contribution is 2.62. The van der Waals surface area contributed by atoms with Gasteiger partial charge in [0.05, 0.1) is 30.7 Å². The van der Waals surface area contributed by atoms with E-state index < -0.39 is 30.1 Å². The Balaban J connectivity index is 1.52. The maximum Gasteiger partial charge on any atom is 0.410 e. The van der Waals surface area contributed by atoms with Crippen LogP contribution in [0.1, 0.15) is 81.3 Å². The fraction of sp³-hybridized carbons (Fsp3) is 0.581. The van der Waals surface area contributed by atoms with Crippen LogP contribution in [0.2, 0.25) is 0 Å². The van der Waals surface area contributed by atoms with E-state index in [0.717, 1.165) is 49.7 Å². The third-order valence-electron chi connectivity index (χ3n) is 11.5. The predicted molar refractivity (Wildman–Crippen MR) is 210 cm³/mol. The standard InChI is InChI=1S/C43H56ClFN2O9/c1-3-22-54-43-38(47(2)42(50)52-24-19-44)27-36(46-56-39-16-8-11-23-51-39)33-25-29(12-6-9-20-48)32(14-7-10-21-49)40(41(33)43)34-26-31(17-18-37(34)55-43)53-28-30-13-4-5-15-35(30)45/h3-5,13,15,17-18,25-26,29,32,38-41,48-49H,1,6-12,14,16,19-24,27-28H2,2H3. The molecule has 306 valence electrons. The Morgan fingerprint density at radius 3 is 2.66 bits per heavy atom. The Kier molecular flexibility index (Phi) is 15.1. The molecule has 2 aromatic rings. The zero-order chi connectivity index (χ0) is 39.5. The molecule has 2 N–H and O–H groups in total. The number of fused-ring (bicyclic) bond motifs is 2. The molecule has 2 heterocycles. The molecule has 1 amide bonds. The topological polar surface area (TPSA) is 129 Å². The lowest BCUT2D eigenvalue weighted by molar-refractivity contribution is -0.254. The second kappa shape index (κ2) is 20.1. The third-order valence-corrected chi connectivity index (χ3v) is 11.6. The highest BCUT2D eigenvalue weighted by molar-refractivity contribution is 6.18. The van der Waals surface area contributed by atoms with E-state index in [2.05, 4.69) is 12.7 Å². The molecule has 0 bridgehead atoms. The van der Waals surface area contributed by atoms with Gasteiger partial charge in [-0.05, 0) is 80.2 Å². The molecule has 0 spiro atoms. The summed E-state index contributed by atoms with van der Waals surface area (Å²) in [7, 11) is 1.67. The molecular formula is C43H56ClFN2O9. The molecule has 11 nitrogen and oxygen atoms in total. The number of ether oxygens (including phenoxy) is 5. The SMILES string of the molecule is C=CCOC12Oc3ccc(OCc4ccccc4F)cc3C3C(CCCCO)C(CCCCO)C=C(C(=NOC4CCCCO4)CC1N(C)C(=O)OCCCl)C32. The lowest BCUT2D eigenvalue weighted by Crippen LogP contribution is -2.69. The number of rotatable bonds is 19. The zero-order valence-corrected chi connectivity index (χ0v) is 33.0. The Labute approximate surface area is 334 Å². The molecule has 6 rings (SSSR count). The minimum Gasteiger partial charge on any atom is -0.489 e. The molecule has 0 aromatic heterocycles. The first-order valence-electron chi connectivity index (χ1n) is 20.0. The fourth-order valence-electron chi connectivity index (χ4n) is 8.87. The van der Waals surface area contributed by atoms with E-state index in [1.54, 1.807) is 31.3 Å². The maximum absolute atomic E-state index is 14.6. The van der Waals surface area contributed by atoms with Crippen LogP contribution in [-0.4, -0.2) is 91.0 Å². The smallest absolute Gasteiger partial charge is 0.410 e. The van der Waals surface area contributed by atoms with Crippen LogP contribution in [0.5, 0.6) is 11.5 Å². The summed E-state index contributed by atoms with van der Waals surface area (Å²) in [4.78, 5) is 21.4. The molecule has 1 saturated heterocycles. The number of aliphatic hydroxyl groups excluding tert-OH is 2. The van der Waals surface area contributed by atoms with Crippen LogP contribution in [0.3, 0.4) is 0 Å². The van der Waals surface area contributed by atoms with Crippen LogP contribution in [-0.2, 0) is 25.7 Å². The number of carbonyl (C=O) groups is 1. The van der Waals surface area contributed by atoms with Gasteiger partial charge in [0.2, 0.25) is 12.1 Å². The molecule has 2 fully saturated rings. The second-order valence-electron chi connectivity index (χ2n) is 15.0. The highest BCUT2D eigenvalue weighted by Gasteiger charge is 2.65. The van der Waals surface area contributed by atoms with Crippen LogP contribution < -0.4 is 9.47 Å². The van der Waals surface area contributed by atoms with Crippen molar-refractivity contribution in [3.63, 3.8) is 0 Å². The van der Waals surface area contributed by atoms with E-state index in [4.69, 9.17) is 45.3 Å². The molecule has 2 aromatic carbocycles. The first-order valence-corrected chi connectivity index (χ1v) is 20.6.